The van der Waals surface area contributed by atoms with Crippen LogP contribution in [0.2, 0.25) is 0 Å². The molecule has 100 valence electrons. The zero-order valence-electron chi connectivity index (χ0n) is 11.3. The van der Waals surface area contributed by atoms with Crippen LogP contribution in [0.1, 0.15) is 25.3 Å². The Bertz CT molecular complexity index is 363. The highest BCUT2D eigenvalue weighted by atomic mass is 32.2. The number of thioether (sulfide) groups is 1. The molecule has 2 unspecified atom stereocenters. The molecule has 2 rings (SSSR count). The number of benzene rings is 1. The molecule has 1 aromatic rings. The zero-order chi connectivity index (χ0) is 12.8. The number of rotatable bonds is 6. The average Bonchev–Trinajstić information content (AvgIpc) is 2.90. The number of hydrogen-bond acceptors (Lipinski definition) is 3. The molecule has 0 aromatic heterocycles. The number of aryl methyl sites for hydroxylation is 1. The molecule has 2 nitrogen and oxygen atoms in total. The standard InChI is InChI=1S/C15H23NOS/c1-12-6-3-4-8-15(12)18-11-9-16-13(2)14-7-5-10-17-14/h3-4,6,8,13-14,16H,5,7,9-11H2,1-2H3. The van der Waals surface area contributed by atoms with E-state index in [-0.39, 0.29) is 0 Å². The van der Waals surface area contributed by atoms with Crippen LogP contribution in [0.3, 0.4) is 0 Å². The van der Waals surface area contributed by atoms with Gasteiger partial charge in [-0.2, -0.15) is 0 Å². The van der Waals surface area contributed by atoms with Crippen LogP contribution in [0, 0.1) is 6.92 Å². The van der Waals surface area contributed by atoms with Crippen LogP contribution in [0.15, 0.2) is 29.2 Å². The van der Waals surface area contributed by atoms with Crippen molar-refractivity contribution >= 4 is 11.8 Å². The fourth-order valence-corrected chi connectivity index (χ4v) is 3.20. The Balaban J connectivity index is 1.65. The molecule has 0 bridgehead atoms. The van der Waals surface area contributed by atoms with E-state index in [4.69, 9.17) is 4.74 Å². The van der Waals surface area contributed by atoms with Crippen molar-refractivity contribution in [1.29, 1.82) is 0 Å². The van der Waals surface area contributed by atoms with E-state index in [0.29, 0.717) is 12.1 Å². The molecule has 0 amide bonds. The SMILES string of the molecule is Cc1ccccc1SCCNC(C)C1CCCO1. The quantitative estimate of drug-likeness (QED) is 0.630. The number of hydrogen-bond donors (Lipinski definition) is 1. The summed E-state index contributed by atoms with van der Waals surface area (Å²) in [5.74, 6) is 1.11. The van der Waals surface area contributed by atoms with Crippen molar-refractivity contribution in [2.75, 3.05) is 18.9 Å². The van der Waals surface area contributed by atoms with Crippen LogP contribution in [0.5, 0.6) is 0 Å². The summed E-state index contributed by atoms with van der Waals surface area (Å²) in [6.45, 7) is 6.38. The first kappa shape index (κ1) is 13.9. The fourth-order valence-electron chi connectivity index (χ4n) is 2.29. The third-order valence-electron chi connectivity index (χ3n) is 3.44. The predicted octanol–water partition coefficient (Wildman–Crippen LogP) is 3.24. The minimum absolute atomic E-state index is 0.425. The lowest BCUT2D eigenvalue weighted by atomic mass is 10.1. The van der Waals surface area contributed by atoms with Gasteiger partial charge in [0, 0.05) is 29.8 Å². The van der Waals surface area contributed by atoms with E-state index in [1.54, 1.807) is 0 Å². The molecule has 18 heavy (non-hydrogen) atoms. The first-order chi connectivity index (χ1) is 8.77. The van der Waals surface area contributed by atoms with Gasteiger partial charge in [-0.1, -0.05) is 18.2 Å². The maximum Gasteiger partial charge on any atom is 0.0726 e. The van der Waals surface area contributed by atoms with E-state index in [9.17, 15) is 0 Å². The van der Waals surface area contributed by atoms with Crippen molar-refractivity contribution in [3.63, 3.8) is 0 Å². The Morgan fingerprint density at radius 3 is 3.00 bits per heavy atom. The average molecular weight is 265 g/mol. The van der Waals surface area contributed by atoms with Gasteiger partial charge < -0.3 is 10.1 Å². The van der Waals surface area contributed by atoms with Gasteiger partial charge >= 0.3 is 0 Å². The second kappa shape index (κ2) is 7.17. The van der Waals surface area contributed by atoms with Crippen LogP contribution in [-0.2, 0) is 4.74 Å². The molecule has 0 radical (unpaired) electrons. The lowest BCUT2D eigenvalue weighted by Gasteiger charge is -2.19. The lowest BCUT2D eigenvalue weighted by Crippen LogP contribution is -2.38. The number of ether oxygens (including phenoxy) is 1. The summed E-state index contributed by atoms with van der Waals surface area (Å²) in [7, 11) is 0. The van der Waals surface area contributed by atoms with E-state index >= 15 is 0 Å². The fraction of sp³-hybridized carbons (Fsp3) is 0.600. The number of nitrogens with one attached hydrogen (secondary N) is 1. The van der Waals surface area contributed by atoms with Crippen LogP contribution >= 0.6 is 11.8 Å². The molecular formula is C15H23NOS. The highest BCUT2D eigenvalue weighted by molar-refractivity contribution is 7.99. The molecular weight excluding hydrogens is 242 g/mol. The maximum atomic E-state index is 5.68. The molecule has 1 aliphatic rings. The van der Waals surface area contributed by atoms with Crippen LogP contribution in [0.4, 0.5) is 0 Å². The van der Waals surface area contributed by atoms with Crippen molar-refractivity contribution in [2.24, 2.45) is 0 Å². The molecule has 1 N–H and O–H groups in total. The zero-order valence-corrected chi connectivity index (χ0v) is 12.1. The lowest BCUT2D eigenvalue weighted by molar-refractivity contribution is 0.0844. The summed E-state index contributed by atoms with van der Waals surface area (Å²) in [4.78, 5) is 1.39. The van der Waals surface area contributed by atoms with Crippen LogP contribution < -0.4 is 5.32 Å². The van der Waals surface area contributed by atoms with Gasteiger partial charge in [0.15, 0.2) is 0 Å². The summed E-state index contributed by atoms with van der Waals surface area (Å²) in [6, 6.07) is 9.05. The summed E-state index contributed by atoms with van der Waals surface area (Å²) >= 11 is 1.93. The van der Waals surface area contributed by atoms with E-state index in [0.717, 1.165) is 18.9 Å². The van der Waals surface area contributed by atoms with E-state index in [1.165, 1.54) is 23.3 Å². The molecule has 1 saturated heterocycles. The van der Waals surface area contributed by atoms with Crippen molar-refractivity contribution in [3.05, 3.63) is 29.8 Å². The highest BCUT2D eigenvalue weighted by Gasteiger charge is 2.21. The molecule has 3 heteroatoms. The predicted molar refractivity (Wildman–Crippen MR) is 78.3 cm³/mol. The summed E-state index contributed by atoms with van der Waals surface area (Å²) < 4.78 is 5.68. The largest absolute Gasteiger partial charge is 0.377 e. The molecule has 1 aliphatic heterocycles. The normalized spacial score (nSPS) is 21.1. The van der Waals surface area contributed by atoms with E-state index < -0.39 is 0 Å². The summed E-state index contributed by atoms with van der Waals surface area (Å²) in [5.41, 5.74) is 1.37. The van der Waals surface area contributed by atoms with E-state index in [1.807, 2.05) is 11.8 Å². The van der Waals surface area contributed by atoms with E-state index in [2.05, 4.69) is 43.4 Å². The Hall–Kier alpha value is -0.510. The summed E-state index contributed by atoms with van der Waals surface area (Å²) in [5, 5.41) is 3.57. The minimum Gasteiger partial charge on any atom is -0.377 e. The van der Waals surface area contributed by atoms with Gasteiger partial charge in [0.05, 0.1) is 6.10 Å². The van der Waals surface area contributed by atoms with Crippen LogP contribution in [-0.4, -0.2) is 31.1 Å². The molecule has 1 fully saturated rings. The topological polar surface area (TPSA) is 21.3 Å². The van der Waals surface area contributed by atoms with Gasteiger partial charge in [0.2, 0.25) is 0 Å². The Kier molecular flexibility index (Phi) is 5.54. The Morgan fingerprint density at radius 2 is 2.28 bits per heavy atom. The monoisotopic (exact) mass is 265 g/mol. The van der Waals surface area contributed by atoms with Gasteiger partial charge in [0.25, 0.3) is 0 Å². The van der Waals surface area contributed by atoms with Gasteiger partial charge in [-0.3, -0.25) is 0 Å². The molecule has 1 aromatic carbocycles. The first-order valence-corrected chi connectivity index (χ1v) is 7.79. The third-order valence-corrected chi connectivity index (χ3v) is 4.62. The second-order valence-corrected chi connectivity index (χ2v) is 6.04. The maximum absolute atomic E-state index is 5.68. The molecule has 0 spiro atoms. The van der Waals surface area contributed by atoms with Crippen molar-refractivity contribution < 1.29 is 4.74 Å². The molecule has 2 atom stereocenters. The highest BCUT2D eigenvalue weighted by Crippen LogP contribution is 2.21. The summed E-state index contributed by atoms with van der Waals surface area (Å²) in [6.07, 6.45) is 2.85. The van der Waals surface area contributed by atoms with Crippen LogP contribution in [0.25, 0.3) is 0 Å². The molecule has 0 saturated carbocycles. The van der Waals surface area contributed by atoms with Gasteiger partial charge in [-0.05, 0) is 38.3 Å². The Morgan fingerprint density at radius 1 is 1.44 bits per heavy atom. The van der Waals surface area contributed by atoms with Gasteiger partial charge in [0.1, 0.15) is 0 Å². The minimum atomic E-state index is 0.425. The molecule has 0 aliphatic carbocycles. The van der Waals surface area contributed by atoms with Crippen molar-refractivity contribution in [2.45, 2.75) is 43.7 Å². The smallest absolute Gasteiger partial charge is 0.0726 e. The van der Waals surface area contributed by atoms with Crippen molar-refractivity contribution in [3.8, 4) is 0 Å². The second-order valence-electron chi connectivity index (χ2n) is 4.91. The molecule has 1 heterocycles. The Labute approximate surface area is 114 Å². The third kappa shape index (κ3) is 4.01. The van der Waals surface area contributed by atoms with Gasteiger partial charge in [-0.25, -0.2) is 0 Å². The first-order valence-electron chi connectivity index (χ1n) is 6.81. The van der Waals surface area contributed by atoms with Crippen molar-refractivity contribution in [1.82, 2.24) is 5.32 Å². The van der Waals surface area contributed by atoms with Gasteiger partial charge in [-0.15, -0.1) is 11.8 Å².